The SMILES string of the molecule is CCCC1CCC(CN)(OCc2cc(C)ccc2C)CC1. The highest BCUT2D eigenvalue weighted by Crippen LogP contribution is 2.37. The molecule has 1 aromatic rings. The van der Waals surface area contributed by atoms with Crippen molar-refractivity contribution in [1.29, 1.82) is 0 Å². The molecule has 0 aliphatic heterocycles. The summed E-state index contributed by atoms with van der Waals surface area (Å²) in [6.45, 7) is 7.92. The summed E-state index contributed by atoms with van der Waals surface area (Å²) in [6, 6.07) is 6.58. The molecule has 0 amide bonds. The molecule has 2 nitrogen and oxygen atoms in total. The minimum Gasteiger partial charge on any atom is -0.369 e. The molecule has 0 saturated heterocycles. The van der Waals surface area contributed by atoms with Crippen LogP contribution in [-0.2, 0) is 11.3 Å². The second-order valence-corrected chi connectivity index (χ2v) is 6.84. The minimum atomic E-state index is -0.0829. The molecule has 2 rings (SSSR count). The van der Waals surface area contributed by atoms with Crippen LogP contribution in [0.4, 0.5) is 0 Å². The van der Waals surface area contributed by atoms with E-state index in [4.69, 9.17) is 10.5 Å². The van der Waals surface area contributed by atoms with Crippen molar-refractivity contribution in [3.8, 4) is 0 Å². The van der Waals surface area contributed by atoms with Crippen molar-refractivity contribution in [2.75, 3.05) is 6.54 Å². The van der Waals surface area contributed by atoms with Gasteiger partial charge in [-0.05, 0) is 56.6 Å². The van der Waals surface area contributed by atoms with Crippen LogP contribution in [-0.4, -0.2) is 12.1 Å². The van der Waals surface area contributed by atoms with E-state index in [2.05, 4.69) is 39.0 Å². The molecule has 1 aliphatic rings. The highest BCUT2D eigenvalue weighted by atomic mass is 16.5. The first-order valence-corrected chi connectivity index (χ1v) is 8.49. The third-order valence-corrected chi connectivity index (χ3v) is 5.12. The normalized spacial score (nSPS) is 26.0. The fourth-order valence-electron chi connectivity index (χ4n) is 3.49. The molecule has 118 valence electrons. The summed E-state index contributed by atoms with van der Waals surface area (Å²) in [6.07, 6.45) is 7.45. The highest BCUT2D eigenvalue weighted by molar-refractivity contribution is 5.29. The summed E-state index contributed by atoms with van der Waals surface area (Å²) >= 11 is 0. The lowest BCUT2D eigenvalue weighted by Gasteiger charge is -2.39. The van der Waals surface area contributed by atoms with E-state index in [1.807, 2.05) is 0 Å². The minimum absolute atomic E-state index is 0.0829. The zero-order chi connectivity index (χ0) is 15.3. The van der Waals surface area contributed by atoms with Crippen LogP contribution in [0.3, 0.4) is 0 Å². The van der Waals surface area contributed by atoms with Gasteiger partial charge in [0.15, 0.2) is 0 Å². The Morgan fingerprint density at radius 3 is 2.57 bits per heavy atom. The molecule has 1 aliphatic carbocycles. The van der Waals surface area contributed by atoms with E-state index in [-0.39, 0.29) is 5.60 Å². The smallest absolute Gasteiger partial charge is 0.0808 e. The van der Waals surface area contributed by atoms with Crippen molar-refractivity contribution in [2.45, 2.75) is 71.5 Å². The third-order valence-electron chi connectivity index (χ3n) is 5.12. The van der Waals surface area contributed by atoms with E-state index >= 15 is 0 Å². The van der Waals surface area contributed by atoms with E-state index in [0.717, 1.165) is 18.8 Å². The molecule has 0 radical (unpaired) electrons. The standard InChI is InChI=1S/C19H31NO/c1-4-5-17-8-10-19(14-20,11-9-17)21-13-18-12-15(2)6-7-16(18)3/h6-7,12,17H,4-5,8-11,13-14,20H2,1-3H3. The van der Waals surface area contributed by atoms with Gasteiger partial charge in [-0.25, -0.2) is 0 Å². The quantitative estimate of drug-likeness (QED) is 0.836. The first-order valence-electron chi connectivity index (χ1n) is 8.49. The average Bonchev–Trinajstić information content (AvgIpc) is 2.50. The Hall–Kier alpha value is -0.860. The number of hydrogen-bond donors (Lipinski definition) is 1. The van der Waals surface area contributed by atoms with E-state index < -0.39 is 0 Å². The molecular weight excluding hydrogens is 258 g/mol. The van der Waals surface area contributed by atoms with Crippen LogP contribution in [0.2, 0.25) is 0 Å². The number of hydrogen-bond acceptors (Lipinski definition) is 2. The van der Waals surface area contributed by atoms with E-state index in [9.17, 15) is 0 Å². The Balaban J connectivity index is 1.95. The van der Waals surface area contributed by atoms with Gasteiger partial charge < -0.3 is 10.5 Å². The van der Waals surface area contributed by atoms with Crippen LogP contribution in [0.5, 0.6) is 0 Å². The lowest BCUT2D eigenvalue weighted by atomic mass is 9.77. The van der Waals surface area contributed by atoms with Gasteiger partial charge in [0.1, 0.15) is 0 Å². The molecule has 1 saturated carbocycles. The summed E-state index contributed by atoms with van der Waals surface area (Å²) in [5.74, 6) is 0.888. The molecule has 21 heavy (non-hydrogen) atoms. The molecule has 0 unspecified atom stereocenters. The first kappa shape index (κ1) is 16.5. The van der Waals surface area contributed by atoms with Gasteiger partial charge in [-0.3, -0.25) is 0 Å². The topological polar surface area (TPSA) is 35.2 Å². The molecule has 1 aromatic carbocycles. The molecule has 0 atom stereocenters. The molecule has 0 bridgehead atoms. The monoisotopic (exact) mass is 289 g/mol. The molecule has 0 spiro atoms. The number of benzene rings is 1. The molecule has 2 N–H and O–H groups in total. The van der Waals surface area contributed by atoms with Gasteiger partial charge in [0, 0.05) is 6.54 Å². The Labute approximate surface area is 130 Å². The summed E-state index contributed by atoms with van der Waals surface area (Å²) in [4.78, 5) is 0. The van der Waals surface area contributed by atoms with Gasteiger partial charge in [0.25, 0.3) is 0 Å². The summed E-state index contributed by atoms with van der Waals surface area (Å²) in [5, 5.41) is 0. The Morgan fingerprint density at radius 1 is 1.24 bits per heavy atom. The number of rotatable bonds is 6. The van der Waals surface area contributed by atoms with Crippen LogP contribution < -0.4 is 5.73 Å². The highest BCUT2D eigenvalue weighted by Gasteiger charge is 2.34. The fourth-order valence-corrected chi connectivity index (χ4v) is 3.49. The molecule has 2 heteroatoms. The second kappa shape index (κ2) is 7.42. The Bertz CT molecular complexity index is 447. The van der Waals surface area contributed by atoms with E-state index in [1.54, 1.807) is 0 Å². The summed E-state index contributed by atoms with van der Waals surface area (Å²) in [5.41, 5.74) is 9.90. The van der Waals surface area contributed by atoms with Crippen LogP contribution in [0.1, 0.15) is 62.1 Å². The lowest BCUT2D eigenvalue weighted by Crippen LogP contribution is -2.44. The molecule has 1 fully saturated rings. The van der Waals surface area contributed by atoms with Crippen molar-refractivity contribution in [3.05, 3.63) is 34.9 Å². The Morgan fingerprint density at radius 2 is 1.95 bits per heavy atom. The van der Waals surface area contributed by atoms with Crippen LogP contribution in [0.15, 0.2) is 18.2 Å². The van der Waals surface area contributed by atoms with Gasteiger partial charge in [-0.2, -0.15) is 0 Å². The van der Waals surface area contributed by atoms with E-state index in [0.29, 0.717) is 13.2 Å². The first-order chi connectivity index (χ1) is 10.1. The van der Waals surface area contributed by atoms with Gasteiger partial charge in [-0.15, -0.1) is 0 Å². The molecule has 0 heterocycles. The zero-order valence-corrected chi connectivity index (χ0v) is 14.0. The number of aryl methyl sites for hydroxylation is 2. The lowest BCUT2D eigenvalue weighted by molar-refractivity contribution is -0.0817. The van der Waals surface area contributed by atoms with E-state index in [1.165, 1.54) is 42.4 Å². The van der Waals surface area contributed by atoms with Gasteiger partial charge in [0.05, 0.1) is 12.2 Å². The maximum absolute atomic E-state index is 6.34. The molecular formula is C19H31NO. The van der Waals surface area contributed by atoms with Crippen LogP contribution in [0.25, 0.3) is 0 Å². The largest absolute Gasteiger partial charge is 0.369 e. The second-order valence-electron chi connectivity index (χ2n) is 6.84. The maximum atomic E-state index is 6.34. The van der Waals surface area contributed by atoms with Crippen LogP contribution >= 0.6 is 0 Å². The van der Waals surface area contributed by atoms with Crippen molar-refractivity contribution in [1.82, 2.24) is 0 Å². The van der Waals surface area contributed by atoms with Crippen molar-refractivity contribution < 1.29 is 4.74 Å². The Kier molecular flexibility index (Phi) is 5.83. The summed E-state index contributed by atoms with van der Waals surface area (Å²) < 4.78 is 6.34. The van der Waals surface area contributed by atoms with Crippen molar-refractivity contribution in [3.63, 3.8) is 0 Å². The average molecular weight is 289 g/mol. The van der Waals surface area contributed by atoms with Crippen molar-refractivity contribution >= 4 is 0 Å². The predicted molar refractivity (Wildman–Crippen MR) is 89.4 cm³/mol. The third kappa shape index (κ3) is 4.31. The van der Waals surface area contributed by atoms with Crippen molar-refractivity contribution in [2.24, 2.45) is 11.7 Å². The van der Waals surface area contributed by atoms with Gasteiger partial charge in [0.2, 0.25) is 0 Å². The molecule has 0 aromatic heterocycles. The predicted octanol–water partition coefficient (Wildman–Crippen LogP) is 4.51. The number of ether oxygens (including phenoxy) is 1. The number of nitrogens with two attached hydrogens (primary N) is 1. The van der Waals surface area contributed by atoms with Gasteiger partial charge in [-0.1, -0.05) is 43.5 Å². The fraction of sp³-hybridized carbons (Fsp3) is 0.684. The summed E-state index contributed by atoms with van der Waals surface area (Å²) in [7, 11) is 0. The zero-order valence-electron chi connectivity index (χ0n) is 14.0. The van der Waals surface area contributed by atoms with Gasteiger partial charge >= 0.3 is 0 Å². The van der Waals surface area contributed by atoms with Crippen LogP contribution in [0, 0.1) is 19.8 Å². The maximum Gasteiger partial charge on any atom is 0.0808 e.